The Morgan fingerprint density at radius 1 is 1.04 bits per heavy atom. The molecule has 6 heteroatoms. The predicted octanol–water partition coefficient (Wildman–Crippen LogP) is 3.93. The molecule has 0 aliphatic carbocycles. The molecule has 0 aliphatic heterocycles. The van der Waals surface area contributed by atoms with Crippen LogP contribution in [0.1, 0.15) is 21.5 Å². The topological polar surface area (TPSA) is 76.1 Å². The Balaban J connectivity index is 1.65. The number of anilines is 3. The quantitative estimate of drug-likeness (QED) is 0.658. The normalized spacial score (nSPS) is 10.2. The van der Waals surface area contributed by atoms with E-state index in [0.717, 1.165) is 11.5 Å². The Bertz CT molecular complexity index is 894. The molecule has 26 heavy (non-hydrogen) atoms. The molecule has 2 N–H and O–H groups in total. The number of nitrogens with one attached hydrogen (secondary N) is 2. The first-order valence-corrected chi connectivity index (χ1v) is 8.21. The first kappa shape index (κ1) is 17.4. The second-order valence-corrected chi connectivity index (χ2v) is 5.76. The van der Waals surface area contributed by atoms with Crippen molar-refractivity contribution in [2.45, 2.75) is 13.5 Å². The van der Waals surface area contributed by atoms with E-state index in [-0.39, 0.29) is 5.97 Å². The largest absolute Gasteiger partial charge is 0.465 e. The molecule has 0 spiro atoms. The van der Waals surface area contributed by atoms with E-state index < -0.39 is 0 Å². The minimum atomic E-state index is -0.360. The van der Waals surface area contributed by atoms with Gasteiger partial charge in [-0.2, -0.15) is 0 Å². The van der Waals surface area contributed by atoms with Gasteiger partial charge in [-0.1, -0.05) is 24.3 Å². The second kappa shape index (κ2) is 8.11. The SMILES string of the molecule is COC(=O)c1ccc(Nc2cc(NCc3ccccc3C)ncn2)cc1. The van der Waals surface area contributed by atoms with Gasteiger partial charge in [-0.05, 0) is 42.3 Å². The number of nitrogens with zero attached hydrogens (tertiary/aromatic N) is 2. The number of ether oxygens (including phenoxy) is 1. The number of benzene rings is 2. The highest BCUT2D eigenvalue weighted by Gasteiger charge is 2.05. The molecule has 0 fully saturated rings. The molecule has 0 bridgehead atoms. The van der Waals surface area contributed by atoms with E-state index in [1.54, 1.807) is 24.3 Å². The fourth-order valence-corrected chi connectivity index (χ4v) is 2.47. The van der Waals surface area contributed by atoms with Gasteiger partial charge in [0.25, 0.3) is 0 Å². The molecule has 3 aromatic rings. The highest BCUT2D eigenvalue weighted by Crippen LogP contribution is 2.18. The highest BCUT2D eigenvalue weighted by molar-refractivity contribution is 5.89. The lowest BCUT2D eigenvalue weighted by Crippen LogP contribution is -2.04. The van der Waals surface area contributed by atoms with Crippen molar-refractivity contribution >= 4 is 23.3 Å². The van der Waals surface area contributed by atoms with Gasteiger partial charge in [0.15, 0.2) is 0 Å². The van der Waals surface area contributed by atoms with E-state index in [1.807, 2.05) is 18.2 Å². The van der Waals surface area contributed by atoms with Crippen molar-refractivity contribution in [3.8, 4) is 0 Å². The molecule has 132 valence electrons. The van der Waals surface area contributed by atoms with Gasteiger partial charge in [-0.3, -0.25) is 0 Å². The van der Waals surface area contributed by atoms with E-state index in [4.69, 9.17) is 4.74 Å². The van der Waals surface area contributed by atoms with Crippen LogP contribution in [0.15, 0.2) is 60.9 Å². The lowest BCUT2D eigenvalue weighted by molar-refractivity contribution is 0.0601. The van der Waals surface area contributed by atoms with Gasteiger partial charge in [0, 0.05) is 18.3 Å². The van der Waals surface area contributed by atoms with E-state index in [2.05, 4.69) is 39.7 Å². The molecule has 1 aromatic heterocycles. The lowest BCUT2D eigenvalue weighted by atomic mass is 10.1. The Labute approximate surface area is 152 Å². The van der Waals surface area contributed by atoms with Crippen LogP contribution in [-0.2, 0) is 11.3 Å². The molecular weight excluding hydrogens is 328 g/mol. The van der Waals surface area contributed by atoms with Crippen molar-refractivity contribution in [2.75, 3.05) is 17.7 Å². The average molecular weight is 348 g/mol. The molecule has 0 amide bonds. The summed E-state index contributed by atoms with van der Waals surface area (Å²) in [5.74, 6) is 1.04. The van der Waals surface area contributed by atoms with Gasteiger partial charge >= 0.3 is 5.97 Å². The molecule has 0 aliphatic rings. The van der Waals surface area contributed by atoms with Crippen LogP contribution in [0, 0.1) is 6.92 Å². The van der Waals surface area contributed by atoms with Crippen LogP contribution < -0.4 is 10.6 Å². The number of carbonyl (C=O) groups excluding carboxylic acids is 1. The van der Waals surface area contributed by atoms with Crippen LogP contribution in [0.2, 0.25) is 0 Å². The molecule has 2 aromatic carbocycles. The number of methoxy groups -OCH3 is 1. The Morgan fingerprint density at radius 3 is 2.50 bits per heavy atom. The minimum Gasteiger partial charge on any atom is -0.465 e. The van der Waals surface area contributed by atoms with Crippen molar-refractivity contribution < 1.29 is 9.53 Å². The smallest absolute Gasteiger partial charge is 0.337 e. The Morgan fingerprint density at radius 2 is 1.77 bits per heavy atom. The summed E-state index contributed by atoms with van der Waals surface area (Å²) in [5, 5.41) is 6.50. The second-order valence-electron chi connectivity index (χ2n) is 5.76. The maximum atomic E-state index is 11.5. The van der Waals surface area contributed by atoms with Crippen LogP contribution in [-0.4, -0.2) is 23.0 Å². The zero-order valence-corrected chi connectivity index (χ0v) is 14.7. The van der Waals surface area contributed by atoms with E-state index in [0.29, 0.717) is 17.9 Å². The van der Waals surface area contributed by atoms with Gasteiger partial charge in [0.05, 0.1) is 12.7 Å². The van der Waals surface area contributed by atoms with E-state index >= 15 is 0 Å². The molecule has 0 radical (unpaired) electrons. The fourth-order valence-electron chi connectivity index (χ4n) is 2.47. The van der Waals surface area contributed by atoms with Crippen LogP contribution in [0.4, 0.5) is 17.3 Å². The number of aryl methyl sites for hydroxylation is 1. The van der Waals surface area contributed by atoms with Gasteiger partial charge in [0.1, 0.15) is 18.0 Å². The van der Waals surface area contributed by atoms with Gasteiger partial charge in [-0.25, -0.2) is 14.8 Å². The number of hydrogen-bond acceptors (Lipinski definition) is 6. The zero-order valence-electron chi connectivity index (χ0n) is 14.7. The predicted molar refractivity (Wildman–Crippen MR) is 102 cm³/mol. The number of aromatic nitrogens is 2. The Hall–Kier alpha value is -3.41. The summed E-state index contributed by atoms with van der Waals surface area (Å²) in [6, 6.07) is 17.1. The summed E-state index contributed by atoms with van der Waals surface area (Å²) < 4.78 is 4.69. The monoisotopic (exact) mass is 348 g/mol. The van der Waals surface area contributed by atoms with Gasteiger partial charge < -0.3 is 15.4 Å². The van der Waals surface area contributed by atoms with Gasteiger partial charge in [-0.15, -0.1) is 0 Å². The summed E-state index contributed by atoms with van der Waals surface area (Å²) >= 11 is 0. The number of rotatable bonds is 6. The number of esters is 1. The third kappa shape index (κ3) is 4.36. The number of carbonyl (C=O) groups is 1. The summed E-state index contributed by atoms with van der Waals surface area (Å²) in [6.07, 6.45) is 1.51. The standard InChI is InChI=1S/C20H20N4O2/c1-14-5-3-4-6-16(14)12-21-18-11-19(23-13-22-18)24-17-9-7-15(8-10-17)20(25)26-2/h3-11,13H,12H2,1-2H3,(H2,21,22,23,24). The van der Waals surface area contributed by atoms with Crippen LogP contribution in [0.25, 0.3) is 0 Å². The zero-order chi connectivity index (χ0) is 18.4. The maximum Gasteiger partial charge on any atom is 0.337 e. The molecule has 0 atom stereocenters. The van der Waals surface area contributed by atoms with Crippen LogP contribution in [0.3, 0.4) is 0 Å². The molecule has 0 saturated heterocycles. The van der Waals surface area contributed by atoms with Gasteiger partial charge in [0.2, 0.25) is 0 Å². The van der Waals surface area contributed by atoms with Crippen molar-refractivity contribution in [3.05, 3.63) is 77.6 Å². The third-order valence-electron chi connectivity index (χ3n) is 3.97. The average Bonchev–Trinajstić information content (AvgIpc) is 2.68. The molecule has 0 unspecified atom stereocenters. The van der Waals surface area contributed by atoms with Crippen LogP contribution >= 0.6 is 0 Å². The molecule has 6 nitrogen and oxygen atoms in total. The first-order valence-electron chi connectivity index (χ1n) is 8.21. The maximum absolute atomic E-state index is 11.5. The summed E-state index contributed by atoms with van der Waals surface area (Å²) in [4.78, 5) is 19.9. The van der Waals surface area contributed by atoms with Crippen molar-refractivity contribution in [2.24, 2.45) is 0 Å². The van der Waals surface area contributed by atoms with Crippen LogP contribution in [0.5, 0.6) is 0 Å². The minimum absolute atomic E-state index is 0.360. The Kier molecular flexibility index (Phi) is 5.43. The highest BCUT2D eigenvalue weighted by atomic mass is 16.5. The first-order chi connectivity index (χ1) is 12.7. The summed E-state index contributed by atoms with van der Waals surface area (Å²) in [7, 11) is 1.36. The lowest BCUT2D eigenvalue weighted by Gasteiger charge is -2.10. The molecule has 3 rings (SSSR count). The summed E-state index contributed by atoms with van der Waals surface area (Å²) in [5.41, 5.74) is 3.78. The number of hydrogen-bond donors (Lipinski definition) is 2. The van der Waals surface area contributed by atoms with E-state index in [1.165, 1.54) is 24.6 Å². The molecule has 1 heterocycles. The third-order valence-corrected chi connectivity index (χ3v) is 3.97. The van der Waals surface area contributed by atoms with Crippen molar-refractivity contribution in [1.82, 2.24) is 9.97 Å². The molecule has 0 saturated carbocycles. The fraction of sp³-hybridized carbons (Fsp3) is 0.150. The summed E-state index contributed by atoms with van der Waals surface area (Å²) in [6.45, 7) is 2.78. The molecular formula is C20H20N4O2. The van der Waals surface area contributed by atoms with Crippen molar-refractivity contribution in [1.29, 1.82) is 0 Å². The van der Waals surface area contributed by atoms with E-state index in [9.17, 15) is 4.79 Å². The van der Waals surface area contributed by atoms with Crippen molar-refractivity contribution in [3.63, 3.8) is 0 Å².